The molecule has 1 aliphatic carbocycles. The van der Waals surface area contributed by atoms with Crippen LogP contribution in [0.25, 0.3) is 0 Å². The fourth-order valence-corrected chi connectivity index (χ4v) is 6.54. The van der Waals surface area contributed by atoms with Crippen LogP contribution in [-0.2, 0) is 36.9 Å². The Kier molecular flexibility index (Phi) is 87.2. The Hall–Kier alpha value is -5.92. The van der Waals surface area contributed by atoms with Gasteiger partial charge in [0.1, 0.15) is 12.4 Å². The van der Waals surface area contributed by atoms with Gasteiger partial charge in [0.05, 0.1) is 0 Å². The maximum absolute atomic E-state index is 12.3. The van der Waals surface area contributed by atoms with Gasteiger partial charge in [0.25, 0.3) is 0 Å². The number of urea groups is 1. The molecule has 2 unspecified atom stereocenters. The molecule has 0 spiro atoms. The van der Waals surface area contributed by atoms with Crippen molar-refractivity contribution >= 4 is 54.8 Å². The number of aryl methyl sites for hydroxylation is 1. The number of carbonyl (C=O) groups is 7. The molecule has 20 heteroatoms. The summed E-state index contributed by atoms with van der Waals surface area (Å²) in [6.07, 6.45) is 14.7. The number of ether oxygens (including phenoxy) is 1. The Morgan fingerprint density at radius 1 is 0.663 bits per heavy atom. The number of nitrogens with one attached hydrogen (secondary N) is 8. The molecule has 0 bridgehead atoms. The number of benzene rings is 2. The first-order valence-corrected chi connectivity index (χ1v) is 33.0. The van der Waals surface area contributed by atoms with Crippen molar-refractivity contribution in [3.8, 4) is 0 Å². The second-order valence-corrected chi connectivity index (χ2v) is 23.6. The molecule has 19 nitrogen and oxygen atoms in total. The average molecular weight is 1280 g/mol. The molecule has 1 aliphatic rings. The zero-order valence-corrected chi connectivity index (χ0v) is 60.3. The van der Waals surface area contributed by atoms with Crippen LogP contribution >= 0.6 is 11.6 Å². The fourth-order valence-electron chi connectivity index (χ4n) is 6.35. The van der Waals surface area contributed by atoms with E-state index in [2.05, 4.69) is 181 Å². The van der Waals surface area contributed by atoms with E-state index >= 15 is 0 Å². The van der Waals surface area contributed by atoms with Crippen LogP contribution in [0, 0.1) is 23.2 Å². The van der Waals surface area contributed by atoms with E-state index in [-0.39, 0.29) is 43.3 Å². The summed E-state index contributed by atoms with van der Waals surface area (Å²) in [6, 6.07) is 17.7. The molecule has 0 aliphatic heterocycles. The molecule has 7 amide bonds. The van der Waals surface area contributed by atoms with Crippen molar-refractivity contribution in [1.82, 2.24) is 42.5 Å². The molecule has 522 valence electrons. The predicted molar refractivity (Wildman–Crippen MR) is 378 cm³/mol. The number of unbranched alkanes of at least 4 members (excludes halogenated alkanes) is 3. The highest BCUT2D eigenvalue weighted by molar-refractivity contribution is 6.31. The van der Waals surface area contributed by atoms with Gasteiger partial charge < -0.3 is 68.6 Å². The summed E-state index contributed by atoms with van der Waals surface area (Å²) in [5.41, 5.74) is 11.9. The molecule has 13 N–H and O–H groups in total. The smallest absolute Gasteiger partial charge is 0.407 e. The summed E-state index contributed by atoms with van der Waals surface area (Å²) < 4.78 is 5.23. The number of allylic oxidation sites excluding steroid dienone is 1. The Balaban J connectivity index is -0.000000185. The highest BCUT2D eigenvalue weighted by atomic mass is 35.5. The number of carbonyl (C=O) groups excluding carboxylic acids is 6. The molecule has 2 aromatic rings. The number of alkyl carbamates (subject to hydrolysis) is 1. The molecule has 0 heterocycles. The second kappa shape index (κ2) is 78.2. The third kappa shape index (κ3) is 104. The SMILES string of the molecule is C=C(C)NCC(CCCCNC(=O)OCc1ccccc1Cl)NCCNC(=O)NCC(CCC(C)=O)NCCNC=O.CC.CC.CC(C)(C)C.CC(C)C.CC(C)C.CCCC.CCCCc1ccccc1.NC=O.NC=O.O=C(O)NCC1CCCC1. The van der Waals surface area contributed by atoms with Gasteiger partial charge in [0, 0.05) is 87.1 Å². The Morgan fingerprint density at radius 3 is 1.58 bits per heavy atom. The molecular formula is C69H135ClN10O9. The van der Waals surface area contributed by atoms with Crippen molar-refractivity contribution in [3.05, 3.63) is 83.0 Å². The number of primary amides is 2. The molecule has 3 rings (SSSR count). The van der Waals surface area contributed by atoms with Crippen molar-refractivity contribution < 1.29 is 43.4 Å². The lowest BCUT2D eigenvalue weighted by Crippen LogP contribution is -2.48. The van der Waals surface area contributed by atoms with Gasteiger partial charge in [0.15, 0.2) is 0 Å². The number of rotatable bonds is 30. The largest absolute Gasteiger partial charge is 0.465 e. The zero-order valence-electron chi connectivity index (χ0n) is 59.5. The molecule has 89 heavy (non-hydrogen) atoms. The van der Waals surface area contributed by atoms with Crippen LogP contribution in [0.2, 0.25) is 5.02 Å². The van der Waals surface area contributed by atoms with E-state index in [1.54, 1.807) is 6.07 Å². The molecule has 1 saturated carbocycles. The van der Waals surface area contributed by atoms with Gasteiger partial charge >= 0.3 is 18.2 Å². The first kappa shape index (κ1) is 99.3. The van der Waals surface area contributed by atoms with Crippen LogP contribution in [0.1, 0.15) is 226 Å². The Bertz CT molecular complexity index is 1850. The first-order valence-electron chi connectivity index (χ1n) is 32.6. The lowest BCUT2D eigenvalue weighted by Gasteiger charge is -2.21. The van der Waals surface area contributed by atoms with Crippen LogP contribution in [0.5, 0.6) is 0 Å². The van der Waals surface area contributed by atoms with Gasteiger partial charge in [-0.25, -0.2) is 14.4 Å². The van der Waals surface area contributed by atoms with Gasteiger partial charge in [-0.3, -0.25) is 14.4 Å². The number of carboxylic acid groups (broad SMARTS) is 1. The number of nitrogens with two attached hydrogens (primary N) is 2. The minimum Gasteiger partial charge on any atom is -0.465 e. The minimum absolute atomic E-state index is 0.0810. The van der Waals surface area contributed by atoms with Crippen molar-refractivity contribution in [2.75, 3.05) is 52.4 Å². The monoisotopic (exact) mass is 1280 g/mol. The van der Waals surface area contributed by atoms with Crippen molar-refractivity contribution in [3.63, 3.8) is 0 Å². The normalized spacial score (nSPS) is 11.1. The van der Waals surface area contributed by atoms with Crippen LogP contribution in [0.15, 0.2) is 66.9 Å². The molecule has 1 fully saturated rings. The second-order valence-electron chi connectivity index (χ2n) is 23.2. The molecule has 0 saturated heterocycles. The number of hydrogen-bond donors (Lipinski definition) is 11. The fraction of sp³-hybridized carbons (Fsp3) is 0.696. The predicted octanol–water partition coefficient (Wildman–Crippen LogP) is 14.1. The molecule has 2 aromatic carbocycles. The summed E-state index contributed by atoms with van der Waals surface area (Å²) >= 11 is 6.08. The highest BCUT2D eigenvalue weighted by Crippen LogP contribution is 2.23. The van der Waals surface area contributed by atoms with Crippen LogP contribution in [-0.4, -0.2) is 113 Å². The molecule has 0 aromatic heterocycles. The van der Waals surface area contributed by atoms with Gasteiger partial charge in [-0.2, -0.15) is 0 Å². The molecule has 0 radical (unpaired) electrons. The highest BCUT2D eigenvalue weighted by Gasteiger charge is 2.15. The average Bonchev–Trinajstić information content (AvgIpc) is 4.06. The summed E-state index contributed by atoms with van der Waals surface area (Å²) in [6.45, 7) is 48.0. The third-order valence-electron chi connectivity index (χ3n) is 10.4. The summed E-state index contributed by atoms with van der Waals surface area (Å²) in [4.78, 5) is 73.2. The van der Waals surface area contributed by atoms with Crippen LogP contribution in [0.4, 0.5) is 14.4 Å². The summed E-state index contributed by atoms with van der Waals surface area (Å²) in [5.74, 6) is 2.36. The maximum atomic E-state index is 12.3. The van der Waals surface area contributed by atoms with Crippen molar-refractivity contribution in [1.29, 1.82) is 0 Å². The van der Waals surface area contributed by atoms with Crippen molar-refractivity contribution in [2.45, 2.75) is 240 Å². The van der Waals surface area contributed by atoms with E-state index in [0.717, 1.165) is 42.4 Å². The topological polar surface area (TPSA) is 297 Å². The number of ketones is 1. The van der Waals surface area contributed by atoms with E-state index in [0.29, 0.717) is 88.0 Å². The van der Waals surface area contributed by atoms with Gasteiger partial charge in [-0.05, 0) is 93.6 Å². The van der Waals surface area contributed by atoms with E-state index in [1.807, 2.05) is 52.8 Å². The van der Waals surface area contributed by atoms with E-state index in [4.69, 9.17) is 31.0 Å². The van der Waals surface area contributed by atoms with E-state index in [1.165, 1.54) is 70.3 Å². The lowest BCUT2D eigenvalue weighted by molar-refractivity contribution is -0.117. The first-order chi connectivity index (χ1) is 42.1. The maximum Gasteiger partial charge on any atom is 0.407 e. The zero-order chi connectivity index (χ0) is 70.1. The number of amides is 7. The number of halogens is 1. The quantitative estimate of drug-likeness (QED) is 0.0257. The Morgan fingerprint density at radius 2 is 1.13 bits per heavy atom. The lowest BCUT2D eigenvalue weighted by atomic mass is 10.0. The van der Waals surface area contributed by atoms with Crippen molar-refractivity contribution in [2.24, 2.45) is 34.6 Å². The molecule has 2 atom stereocenters. The van der Waals surface area contributed by atoms with Crippen LogP contribution < -0.4 is 54.0 Å². The summed E-state index contributed by atoms with van der Waals surface area (Å²) in [7, 11) is 0. The van der Waals surface area contributed by atoms with Gasteiger partial charge in [0.2, 0.25) is 19.2 Å². The van der Waals surface area contributed by atoms with Gasteiger partial charge in [-0.1, -0.05) is 223 Å². The standard InChI is InChI=1S/C29H48ClN7O5.C10H14.C7H13NO2.C5H12.3C4H10.2C2H6.2CH3NO/c1-22(2)36-18-25(9-6-7-13-35-29(41)42-20-24-8-4-5-10-27(24)30)33-16-17-34-28(40)37-19-26(12-11-23(3)39)32-15-14-31-21-38;1-2-3-7-10-8-5-4-6-9-10;9-7(10)8-5-6-3-1-2-4-6;1-5(2,3)4;2*1-4(2)3;1-3-4-2;2*1-2;2*2-1-3/h4-5,8,10,21,25-26,32-33,36H,1,6-7,9,11-20H2,2-3H3,(H,31,38)(H,35,41)(H2,34,37,40);4-6,8-9H,2-3,7H2,1H3;6,8H,1-5H2,(H,9,10);1-4H3;2*4H,1-3H3;3-4H2,1-2H3;2*1-2H3;2*1H,(H2,2,3). The minimum atomic E-state index is -0.896. The molecular weight excluding hydrogens is 1150 g/mol. The van der Waals surface area contributed by atoms with E-state index in [9.17, 15) is 24.0 Å². The summed E-state index contributed by atoms with van der Waals surface area (Å²) in [5, 5.41) is 32.2. The third-order valence-corrected chi connectivity index (χ3v) is 10.7. The van der Waals surface area contributed by atoms with E-state index < -0.39 is 12.2 Å². The Labute approximate surface area is 548 Å². The number of Topliss-reactive ketones (excluding diaryl/α,β-unsaturated/α-hetero) is 1. The van der Waals surface area contributed by atoms with Gasteiger partial charge in [-0.15, -0.1) is 0 Å². The number of hydrogen-bond acceptors (Lipinski definition) is 11. The van der Waals surface area contributed by atoms with Crippen LogP contribution in [0.3, 0.4) is 0 Å².